The highest BCUT2D eigenvalue weighted by molar-refractivity contribution is 6.15. The lowest BCUT2D eigenvalue weighted by Crippen LogP contribution is -2.24. The number of anilines is 6. The highest BCUT2D eigenvalue weighted by Gasteiger charge is 2.47. The molecule has 0 bridgehead atoms. The topological polar surface area (TPSA) is 32.8 Å². The summed E-state index contributed by atoms with van der Waals surface area (Å²) in [6.07, 6.45) is 0. The average molecular weight is 903 g/mol. The minimum absolute atomic E-state index is 0.319. The van der Waals surface area contributed by atoms with Crippen molar-refractivity contribution in [3.8, 4) is 22.3 Å². The summed E-state index contributed by atoms with van der Waals surface area (Å²) < 4.78 is 13.7. The van der Waals surface area contributed by atoms with Crippen molar-refractivity contribution in [1.82, 2.24) is 0 Å². The second-order valence-corrected chi connectivity index (χ2v) is 20.5. The second-order valence-electron chi connectivity index (χ2n) is 20.5. The lowest BCUT2D eigenvalue weighted by Gasteiger charge is -2.32. The van der Waals surface area contributed by atoms with Gasteiger partial charge in [-0.05, 0) is 129 Å². The number of fused-ring (bicyclic) bond motifs is 15. The molecule has 0 fully saturated rings. The summed E-state index contributed by atoms with van der Waals surface area (Å²) in [5.41, 5.74) is 22.4. The molecule has 2 aliphatic rings. The minimum atomic E-state index is -0.340. The monoisotopic (exact) mass is 902 g/mol. The molecule has 70 heavy (non-hydrogen) atoms. The van der Waals surface area contributed by atoms with Crippen molar-refractivity contribution in [3.63, 3.8) is 0 Å². The number of furan rings is 2. The predicted molar refractivity (Wildman–Crippen MR) is 292 cm³/mol. The van der Waals surface area contributed by atoms with Crippen molar-refractivity contribution in [2.24, 2.45) is 0 Å². The summed E-state index contributed by atoms with van der Waals surface area (Å²) in [6.45, 7) is 14.0. The van der Waals surface area contributed by atoms with Crippen molar-refractivity contribution < 1.29 is 8.83 Å². The van der Waals surface area contributed by atoms with Gasteiger partial charge in [0.05, 0.1) is 17.1 Å². The summed E-state index contributed by atoms with van der Waals surface area (Å²) in [4.78, 5) is 4.81. The van der Waals surface area contributed by atoms with Crippen LogP contribution in [0.15, 0.2) is 203 Å². The molecule has 0 saturated heterocycles. The van der Waals surface area contributed by atoms with E-state index in [2.05, 4.69) is 245 Å². The Morgan fingerprint density at radius 1 is 0.329 bits per heavy atom. The molecule has 4 heteroatoms. The first-order valence-corrected chi connectivity index (χ1v) is 24.5. The van der Waals surface area contributed by atoms with Gasteiger partial charge < -0.3 is 18.6 Å². The van der Waals surface area contributed by atoms with Crippen molar-refractivity contribution in [2.45, 2.75) is 52.4 Å². The van der Waals surface area contributed by atoms with Crippen LogP contribution >= 0.6 is 0 Å². The summed E-state index contributed by atoms with van der Waals surface area (Å²) in [5, 5.41) is 6.95. The lowest BCUT2D eigenvalue weighted by atomic mass is 9.72. The van der Waals surface area contributed by atoms with Crippen LogP contribution in [-0.4, -0.2) is 0 Å². The molecule has 2 aliphatic carbocycles. The first-order valence-electron chi connectivity index (χ1n) is 24.5. The van der Waals surface area contributed by atoms with Crippen molar-refractivity contribution in [1.29, 1.82) is 0 Å². The Labute approximate surface area is 407 Å². The number of hydrogen-bond acceptors (Lipinski definition) is 4. The predicted octanol–water partition coefficient (Wildman–Crippen LogP) is 18.8. The number of nitrogens with zero attached hydrogens (tertiary/aromatic N) is 2. The molecular weight excluding hydrogens is 853 g/mol. The molecule has 12 aromatic rings. The molecule has 10 aromatic carbocycles. The van der Waals surface area contributed by atoms with E-state index in [0.717, 1.165) is 89.1 Å². The van der Waals surface area contributed by atoms with E-state index in [4.69, 9.17) is 8.83 Å². The number of hydrogen-bond donors (Lipinski definition) is 0. The van der Waals surface area contributed by atoms with Crippen LogP contribution in [-0.2, 0) is 10.8 Å². The Kier molecular flexibility index (Phi) is 8.48. The van der Waals surface area contributed by atoms with Crippen LogP contribution in [0.1, 0.15) is 61.1 Å². The number of para-hydroxylation sites is 6. The smallest absolute Gasteiger partial charge is 0.159 e. The van der Waals surface area contributed by atoms with Gasteiger partial charge in [-0.1, -0.05) is 167 Å². The van der Waals surface area contributed by atoms with E-state index in [1.54, 1.807) is 0 Å². The Balaban J connectivity index is 0.950. The van der Waals surface area contributed by atoms with Gasteiger partial charge in [-0.15, -0.1) is 0 Å². The average Bonchev–Trinajstić information content (AvgIpc) is 4.09. The molecule has 2 heterocycles. The molecule has 0 radical (unpaired) electrons. The largest absolute Gasteiger partial charge is 0.454 e. The highest BCUT2D eigenvalue weighted by atomic mass is 16.3. The maximum Gasteiger partial charge on any atom is 0.159 e. The maximum atomic E-state index is 6.90. The Bertz CT molecular complexity index is 4150. The van der Waals surface area contributed by atoms with Gasteiger partial charge in [-0.2, -0.15) is 0 Å². The summed E-state index contributed by atoms with van der Waals surface area (Å²) in [6, 6.07) is 70.9. The zero-order chi connectivity index (χ0) is 47.2. The Morgan fingerprint density at radius 2 is 0.786 bits per heavy atom. The summed E-state index contributed by atoms with van der Waals surface area (Å²) >= 11 is 0. The molecule has 0 amide bonds. The van der Waals surface area contributed by atoms with Gasteiger partial charge in [-0.25, -0.2) is 0 Å². The standard InChI is InChI=1S/C66H50N2O2/c1-39-19-15-27-48-50-29-17-31-55(63(50)69-61(39)48)67(41-21-9-7-10-22-41)43-33-34-44-47-35-36-52-58-46-26-14-13-25-45(46)57(38-54(58)66(5,6)60(52)59(47)65(3,4)53(44)37-43)68(42-23-11-8-12-24-42)56-32-18-30-51-49-28-16-20-40(2)62(49)70-64(51)56/h7-38H,1-6H3. The van der Waals surface area contributed by atoms with Crippen LogP contribution in [0.25, 0.3) is 76.9 Å². The zero-order valence-electron chi connectivity index (χ0n) is 40.2. The van der Waals surface area contributed by atoms with E-state index >= 15 is 0 Å². The first kappa shape index (κ1) is 40.7. The number of aryl methyl sites for hydroxylation is 2. The summed E-state index contributed by atoms with van der Waals surface area (Å²) in [5.74, 6) is 0. The minimum Gasteiger partial charge on any atom is -0.454 e. The molecule has 0 aliphatic heterocycles. The van der Waals surface area contributed by atoms with Crippen molar-refractivity contribution in [3.05, 3.63) is 228 Å². The summed E-state index contributed by atoms with van der Waals surface area (Å²) in [7, 11) is 0. The van der Waals surface area contributed by atoms with Gasteiger partial charge in [0.25, 0.3) is 0 Å². The van der Waals surface area contributed by atoms with Crippen LogP contribution in [0, 0.1) is 13.8 Å². The van der Waals surface area contributed by atoms with E-state index < -0.39 is 0 Å². The van der Waals surface area contributed by atoms with E-state index in [-0.39, 0.29) is 10.8 Å². The molecule has 14 rings (SSSR count). The molecular formula is C66H50N2O2. The normalized spacial score (nSPS) is 14.1. The van der Waals surface area contributed by atoms with Gasteiger partial charge in [0.15, 0.2) is 11.2 Å². The molecule has 4 nitrogen and oxygen atoms in total. The first-order chi connectivity index (χ1) is 34.1. The fourth-order valence-corrected chi connectivity index (χ4v) is 12.6. The number of rotatable bonds is 6. The van der Waals surface area contributed by atoms with Crippen molar-refractivity contribution >= 4 is 88.8 Å². The van der Waals surface area contributed by atoms with E-state index in [0.29, 0.717) is 0 Å². The molecule has 0 saturated carbocycles. The number of benzene rings is 10. The Hall–Kier alpha value is -8.34. The van der Waals surface area contributed by atoms with Gasteiger partial charge in [0.1, 0.15) is 11.2 Å². The Morgan fingerprint density at radius 3 is 1.40 bits per heavy atom. The van der Waals surface area contributed by atoms with Crippen LogP contribution in [0.3, 0.4) is 0 Å². The zero-order valence-corrected chi connectivity index (χ0v) is 40.2. The third-order valence-electron chi connectivity index (χ3n) is 15.8. The van der Waals surface area contributed by atoms with Crippen LogP contribution in [0.2, 0.25) is 0 Å². The van der Waals surface area contributed by atoms with Crippen LogP contribution < -0.4 is 9.80 Å². The fraction of sp³-hybridized carbons (Fsp3) is 0.121. The molecule has 336 valence electrons. The molecule has 2 aromatic heterocycles. The lowest BCUT2D eigenvalue weighted by molar-refractivity contribution is 0.601. The van der Waals surface area contributed by atoms with Gasteiger partial charge in [0, 0.05) is 54.8 Å². The molecule has 0 spiro atoms. The quantitative estimate of drug-likeness (QED) is 0.166. The maximum absolute atomic E-state index is 6.90. The molecule has 0 N–H and O–H groups in total. The van der Waals surface area contributed by atoms with Gasteiger partial charge in [-0.3, -0.25) is 0 Å². The molecule has 0 atom stereocenters. The third kappa shape index (κ3) is 5.53. The fourth-order valence-electron chi connectivity index (χ4n) is 12.6. The highest BCUT2D eigenvalue weighted by Crippen LogP contribution is 2.62. The van der Waals surface area contributed by atoms with E-state index in [9.17, 15) is 0 Å². The SMILES string of the molecule is Cc1cccc2c1oc1c(N(c3ccccc3)c3ccc4c(c3)C(C)(C)c3c-4ccc4c3C(C)(C)c3cc(N(c5ccccc5)c5cccc6c5oc5c(C)cccc56)c5ccccc5c3-4)cccc12. The van der Waals surface area contributed by atoms with Crippen LogP contribution in [0.5, 0.6) is 0 Å². The van der Waals surface area contributed by atoms with Crippen molar-refractivity contribution in [2.75, 3.05) is 9.80 Å². The van der Waals surface area contributed by atoms with E-state index in [1.807, 2.05) is 0 Å². The van der Waals surface area contributed by atoms with Gasteiger partial charge >= 0.3 is 0 Å². The van der Waals surface area contributed by atoms with E-state index in [1.165, 1.54) is 55.3 Å². The molecule has 0 unspecified atom stereocenters. The van der Waals surface area contributed by atoms with Crippen LogP contribution in [0.4, 0.5) is 34.1 Å². The van der Waals surface area contributed by atoms with Gasteiger partial charge in [0.2, 0.25) is 0 Å². The third-order valence-corrected chi connectivity index (χ3v) is 15.8. The second kappa shape index (κ2) is 14.6.